The molecule has 2 fully saturated rings. The predicted molar refractivity (Wildman–Crippen MR) is 244 cm³/mol. The summed E-state index contributed by atoms with van der Waals surface area (Å²) in [7, 11) is 4.39. The smallest absolute Gasteiger partial charge is 0.246 e. The molecular weight excluding hydrogens is 831 g/mol. The molecule has 16 heteroatoms. The van der Waals surface area contributed by atoms with Gasteiger partial charge in [0.05, 0.1) is 6.54 Å². The van der Waals surface area contributed by atoms with Crippen LogP contribution in [0.5, 0.6) is 11.5 Å². The van der Waals surface area contributed by atoms with Crippen LogP contribution in [0.15, 0.2) is 78.9 Å². The summed E-state index contributed by atoms with van der Waals surface area (Å²) in [5.41, 5.74) is 1.96. The molecule has 3 aromatic rings. The van der Waals surface area contributed by atoms with Gasteiger partial charge in [-0.1, -0.05) is 88.7 Å². The van der Waals surface area contributed by atoms with E-state index in [1.807, 2.05) is 26.8 Å². The molecule has 0 unspecified atom stereocenters. The number of rotatable bonds is 10. The van der Waals surface area contributed by atoms with Crippen LogP contribution in [0.1, 0.15) is 70.1 Å². The number of nitrogens with zero attached hydrogens (tertiary/aromatic N) is 4. The third-order valence-electron chi connectivity index (χ3n) is 12.6. The van der Waals surface area contributed by atoms with E-state index in [0.717, 1.165) is 5.56 Å². The van der Waals surface area contributed by atoms with E-state index in [4.69, 9.17) is 0 Å². The van der Waals surface area contributed by atoms with Crippen LogP contribution in [0.25, 0.3) is 0 Å². The molecule has 5 rings (SSSR count). The average molecular weight is 896 g/mol. The molecule has 3 aromatic carbocycles. The SMILES string of the molecule is CC[C@@H](C)[C@@H]1NC(=O)[C@H](Cc2ccc(O)cc2)N(C)C(=O)[C@H](Cc2ccccc2)NC(=O)CN(C)C(=O)[C@@H]2CCCN2C(=O)[C@@H](Cc2ccc(O)cc2)N(C)C(=O)[C@H](CC(C)C)NC1=O. The molecule has 2 heterocycles. The number of carbonyl (C=O) groups excluding carboxylic acids is 7. The highest BCUT2D eigenvalue weighted by Gasteiger charge is 2.43. The minimum atomic E-state index is -1.22. The number of hydrogen-bond acceptors (Lipinski definition) is 9. The molecule has 0 radical (unpaired) electrons. The van der Waals surface area contributed by atoms with Gasteiger partial charge in [0.25, 0.3) is 0 Å². The van der Waals surface area contributed by atoms with E-state index in [1.165, 1.54) is 65.0 Å². The fraction of sp³-hybridized carbons (Fsp3) is 0.490. The molecule has 5 N–H and O–H groups in total. The van der Waals surface area contributed by atoms with Gasteiger partial charge in [0.1, 0.15) is 47.8 Å². The summed E-state index contributed by atoms with van der Waals surface area (Å²) in [6.07, 6.45) is 1.49. The summed E-state index contributed by atoms with van der Waals surface area (Å²) in [5, 5.41) is 28.7. The predicted octanol–water partition coefficient (Wildman–Crippen LogP) is 2.79. The van der Waals surface area contributed by atoms with Crippen molar-refractivity contribution >= 4 is 41.4 Å². The number of benzene rings is 3. The molecule has 0 aromatic heterocycles. The number of phenolic OH excluding ortho intramolecular Hbond substituents is 2. The van der Waals surface area contributed by atoms with Crippen molar-refractivity contribution in [2.24, 2.45) is 11.8 Å². The van der Waals surface area contributed by atoms with Gasteiger partial charge in [-0.05, 0) is 72.1 Å². The van der Waals surface area contributed by atoms with Gasteiger partial charge in [-0.3, -0.25) is 33.6 Å². The first kappa shape index (κ1) is 49.6. The van der Waals surface area contributed by atoms with Gasteiger partial charge in [0.2, 0.25) is 41.4 Å². The summed E-state index contributed by atoms with van der Waals surface area (Å²) in [5.74, 6) is -4.62. The fourth-order valence-electron chi connectivity index (χ4n) is 8.53. The van der Waals surface area contributed by atoms with E-state index in [-0.39, 0.29) is 49.6 Å². The van der Waals surface area contributed by atoms with Crippen LogP contribution < -0.4 is 16.0 Å². The van der Waals surface area contributed by atoms with Gasteiger partial charge >= 0.3 is 0 Å². The lowest BCUT2D eigenvalue weighted by molar-refractivity contribution is -0.150. The third kappa shape index (κ3) is 12.9. The lowest BCUT2D eigenvalue weighted by Crippen LogP contribution is -2.61. The van der Waals surface area contributed by atoms with E-state index in [0.29, 0.717) is 30.4 Å². The van der Waals surface area contributed by atoms with E-state index in [1.54, 1.807) is 55.5 Å². The molecule has 0 aliphatic carbocycles. The summed E-state index contributed by atoms with van der Waals surface area (Å²) in [6.45, 7) is 7.22. The Balaban J connectivity index is 1.61. The summed E-state index contributed by atoms with van der Waals surface area (Å²) in [6, 6.07) is 14.7. The van der Waals surface area contributed by atoms with E-state index >= 15 is 0 Å². The van der Waals surface area contributed by atoms with Gasteiger partial charge in [-0.2, -0.15) is 0 Å². The Hall–Kier alpha value is -6.45. The Kier molecular flexibility index (Phi) is 17.1. The highest BCUT2D eigenvalue weighted by molar-refractivity contribution is 5.98. The number of hydrogen-bond donors (Lipinski definition) is 5. The Morgan fingerprint density at radius 2 is 1.15 bits per heavy atom. The van der Waals surface area contributed by atoms with Crippen molar-refractivity contribution in [2.45, 2.75) is 109 Å². The van der Waals surface area contributed by atoms with Crippen molar-refractivity contribution in [1.29, 1.82) is 0 Å². The minimum Gasteiger partial charge on any atom is -0.508 e. The zero-order chi connectivity index (χ0) is 47.5. The van der Waals surface area contributed by atoms with Gasteiger partial charge in [0.15, 0.2) is 0 Å². The molecule has 350 valence electrons. The molecular formula is C49H65N7O9. The van der Waals surface area contributed by atoms with Crippen molar-refractivity contribution in [3.8, 4) is 11.5 Å². The zero-order valence-electron chi connectivity index (χ0n) is 38.5. The van der Waals surface area contributed by atoms with E-state index in [9.17, 15) is 43.8 Å². The largest absolute Gasteiger partial charge is 0.508 e. The maximum Gasteiger partial charge on any atom is 0.246 e. The summed E-state index contributed by atoms with van der Waals surface area (Å²) in [4.78, 5) is 107. The average Bonchev–Trinajstić information content (AvgIpc) is 3.78. The lowest BCUT2D eigenvalue weighted by atomic mass is 9.95. The number of fused-ring (bicyclic) bond motifs is 1. The van der Waals surface area contributed by atoms with Crippen molar-refractivity contribution in [1.82, 2.24) is 35.6 Å². The van der Waals surface area contributed by atoms with Gasteiger partial charge in [-0.25, -0.2) is 0 Å². The quantitative estimate of drug-likeness (QED) is 0.203. The fourth-order valence-corrected chi connectivity index (χ4v) is 8.53. The van der Waals surface area contributed by atoms with Crippen LogP contribution in [-0.4, -0.2) is 142 Å². The molecule has 7 amide bonds. The first-order chi connectivity index (χ1) is 30.9. The van der Waals surface area contributed by atoms with E-state index < -0.39 is 90.1 Å². The molecule has 2 saturated heterocycles. The highest BCUT2D eigenvalue weighted by atomic mass is 16.3. The van der Waals surface area contributed by atoms with Crippen LogP contribution in [0.3, 0.4) is 0 Å². The Bertz CT molecular complexity index is 2150. The first-order valence-electron chi connectivity index (χ1n) is 22.5. The summed E-state index contributed by atoms with van der Waals surface area (Å²) < 4.78 is 0. The standard InChI is InChI=1S/C49H65N7O9/c1-8-31(4)43-45(61)51-37(25-30(2)3)46(62)55(7)41(28-34-18-22-36(58)23-19-34)49(65)56-24-12-15-39(56)48(64)53(5)29-42(59)50-38(26-32-13-10-9-11-14-32)47(63)54(6)40(44(60)52-43)27-33-16-20-35(57)21-17-33/h9-11,13-14,16-23,30-31,37-41,43,57-58H,8,12,15,24-29H2,1-7H3,(H,50,59)(H,51,61)(H,52,60)/t31-,37+,38+,39+,40+,41-,43+/m1/s1. The second kappa shape index (κ2) is 22.4. The number of phenols is 2. The molecule has 65 heavy (non-hydrogen) atoms. The molecule has 16 nitrogen and oxygen atoms in total. The van der Waals surface area contributed by atoms with Crippen molar-refractivity contribution in [3.63, 3.8) is 0 Å². The van der Waals surface area contributed by atoms with E-state index in [2.05, 4.69) is 16.0 Å². The number of nitrogens with one attached hydrogen (secondary N) is 3. The van der Waals surface area contributed by atoms with Crippen molar-refractivity contribution in [3.05, 3.63) is 95.6 Å². The molecule has 0 saturated carbocycles. The Labute approximate surface area is 381 Å². The van der Waals surface area contributed by atoms with Crippen LogP contribution in [0.4, 0.5) is 0 Å². The normalized spacial score (nSPS) is 24.0. The molecule has 2 aliphatic rings. The van der Waals surface area contributed by atoms with Gasteiger partial charge in [0, 0.05) is 47.0 Å². The second-order valence-electron chi connectivity index (χ2n) is 17.9. The second-order valence-corrected chi connectivity index (χ2v) is 17.9. The van der Waals surface area contributed by atoms with Crippen LogP contribution in [0.2, 0.25) is 0 Å². The molecule has 0 bridgehead atoms. The number of amides is 7. The maximum atomic E-state index is 14.8. The van der Waals surface area contributed by atoms with Gasteiger partial charge < -0.3 is 45.8 Å². The minimum absolute atomic E-state index is 0.00460. The van der Waals surface area contributed by atoms with Crippen LogP contribution >= 0.6 is 0 Å². The first-order valence-corrected chi connectivity index (χ1v) is 22.5. The topological polar surface area (TPSA) is 209 Å². The molecule has 0 spiro atoms. The monoisotopic (exact) mass is 895 g/mol. The number of carbonyl (C=O) groups is 7. The van der Waals surface area contributed by atoms with Crippen LogP contribution in [-0.2, 0) is 52.8 Å². The van der Waals surface area contributed by atoms with Crippen LogP contribution in [0, 0.1) is 11.8 Å². The number of likely N-dealkylation sites (N-methyl/N-ethyl adjacent to an activating group) is 3. The van der Waals surface area contributed by atoms with Crippen molar-refractivity contribution in [2.75, 3.05) is 34.2 Å². The zero-order valence-corrected chi connectivity index (χ0v) is 38.5. The molecule has 7 atom stereocenters. The highest BCUT2D eigenvalue weighted by Crippen LogP contribution is 2.25. The lowest BCUT2D eigenvalue weighted by Gasteiger charge is -2.36. The Morgan fingerprint density at radius 1 is 0.615 bits per heavy atom. The third-order valence-corrected chi connectivity index (χ3v) is 12.6. The summed E-state index contributed by atoms with van der Waals surface area (Å²) >= 11 is 0. The number of aromatic hydroxyl groups is 2. The Morgan fingerprint density at radius 3 is 1.72 bits per heavy atom. The maximum absolute atomic E-state index is 14.8. The van der Waals surface area contributed by atoms with Gasteiger partial charge in [-0.15, -0.1) is 0 Å². The van der Waals surface area contributed by atoms with Crippen molar-refractivity contribution < 1.29 is 43.8 Å². The molecule has 2 aliphatic heterocycles.